The van der Waals surface area contributed by atoms with Crippen molar-refractivity contribution in [1.82, 2.24) is 5.32 Å². The van der Waals surface area contributed by atoms with Gasteiger partial charge in [-0.1, -0.05) is 30.3 Å². The lowest BCUT2D eigenvalue weighted by atomic mass is 10.1. The molecule has 1 N–H and O–H groups in total. The van der Waals surface area contributed by atoms with E-state index in [1.165, 1.54) is 0 Å². The molecule has 1 aliphatic rings. The second-order valence-corrected chi connectivity index (χ2v) is 3.42. The zero-order valence-electron chi connectivity index (χ0n) is 8.07. The summed E-state index contributed by atoms with van der Waals surface area (Å²) in [6.07, 6.45) is -0.363. The maximum Gasteiger partial charge on any atom is 0.248 e. The molecule has 3 heteroatoms. The Labute approximate surface area is 83.1 Å². The van der Waals surface area contributed by atoms with E-state index in [-0.39, 0.29) is 18.1 Å². The minimum Gasteiger partial charge on any atom is -0.359 e. The summed E-state index contributed by atoms with van der Waals surface area (Å²) < 4.78 is 5.57. The summed E-state index contributed by atoms with van der Waals surface area (Å²) in [7, 11) is 0. The molecule has 1 aliphatic heterocycles. The van der Waals surface area contributed by atoms with Crippen LogP contribution in [0.2, 0.25) is 0 Å². The van der Waals surface area contributed by atoms with E-state index >= 15 is 0 Å². The highest BCUT2D eigenvalue weighted by molar-refractivity contribution is 5.81. The van der Waals surface area contributed by atoms with Gasteiger partial charge in [-0.2, -0.15) is 0 Å². The van der Waals surface area contributed by atoms with Crippen molar-refractivity contribution in [2.24, 2.45) is 0 Å². The molecule has 14 heavy (non-hydrogen) atoms. The third-order valence-electron chi connectivity index (χ3n) is 2.37. The van der Waals surface area contributed by atoms with Crippen LogP contribution in [-0.2, 0) is 9.53 Å². The first kappa shape index (κ1) is 9.21. The van der Waals surface area contributed by atoms with Crippen molar-refractivity contribution in [3.63, 3.8) is 0 Å². The van der Waals surface area contributed by atoms with Crippen LogP contribution in [-0.4, -0.2) is 18.6 Å². The van der Waals surface area contributed by atoms with Gasteiger partial charge in [0.1, 0.15) is 12.2 Å². The van der Waals surface area contributed by atoms with Crippen molar-refractivity contribution in [2.75, 3.05) is 6.54 Å². The van der Waals surface area contributed by atoms with E-state index in [9.17, 15) is 4.79 Å². The molecule has 1 aromatic carbocycles. The van der Waals surface area contributed by atoms with Crippen LogP contribution in [0.3, 0.4) is 0 Å². The lowest BCUT2D eigenvalue weighted by Gasteiger charge is -2.28. The van der Waals surface area contributed by atoms with Gasteiger partial charge in [-0.05, 0) is 12.5 Å². The average Bonchev–Trinajstić information content (AvgIpc) is 2.23. The maximum absolute atomic E-state index is 11.1. The van der Waals surface area contributed by atoms with Crippen LogP contribution in [0, 0.1) is 0 Å². The van der Waals surface area contributed by atoms with Crippen molar-refractivity contribution >= 4 is 5.91 Å². The predicted molar refractivity (Wildman–Crippen MR) is 52.7 cm³/mol. The van der Waals surface area contributed by atoms with Crippen molar-refractivity contribution in [3.8, 4) is 0 Å². The predicted octanol–water partition coefficient (Wildman–Crippen LogP) is 1.26. The van der Waals surface area contributed by atoms with Crippen LogP contribution in [0.5, 0.6) is 0 Å². The first-order chi connectivity index (χ1) is 6.77. The molecule has 1 fully saturated rings. The molecule has 3 nitrogen and oxygen atoms in total. The Hall–Kier alpha value is -1.35. The zero-order chi connectivity index (χ0) is 9.97. The molecule has 2 rings (SSSR count). The monoisotopic (exact) mass is 191 g/mol. The molecule has 2 atom stereocenters. The van der Waals surface area contributed by atoms with E-state index in [0.29, 0.717) is 6.54 Å². The van der Waals surface area contributed by atoms with E-state index in [0.717, 1.165) is 5.56 Å². The molecule has 0 spiro atoms. The van der Waals surface area contributed by atoms with Crippen LogP contribution >= 0.6 is 0 Å². The molecular formula is C11H13NO2. The smallest absolute Gasteiger partial charge is 0.248 e. The molecule has 0 bridgehead atoms. The molecule has 74 valence electrons. The highest BCUT2D eigenvalue weighted by Crippen LogP contribution is 2.20. The Kier molecular flexibility index (Phi) is 2.50. The van der Waals surface area contributed by atoms with Gasteiger partial charge < -0.3 is 10.1 Å². The Morgan fingerprint density at radius 2 is 2.07 bits per heavy atom. The second-order valence-electron chi connectivity index (χ2n) is 3.42. The summed E-state index contributed by atoms with van der Waals surface area (Å²) in [6, 6.07) is 9.93. The number of hydrogen-bond donors (Lipinski definition) is 1. The van der Waals surface area contributed by atoms with Gasteiger partial charge in [-0.25, -0.2) is 0 Å². The van der Waals surface area contributed by atoms with Gasteiger partial charge in [0.05, 0.1) is 0 Å². The summed E-state index contributed by atoms with van der Waals surface area (Å²) >= 11 is 0. The van der Waals surface area contributed by atoms with Crippen molar-refractivity contribution in [1.29, 1.82) is 0 Å². The molecule has 0 saturated carbocycles. The molecule has 0 radical (unpaired) electrons. The van der Waals surface area contributed by atoms with Gasteiger partial charge >= 0.3 is 0 Å². The topological polar surface area (TPSA) is 38.3 Å². The summed E-state index contributed by atoms with van der Waals surface area (Å²) in [6.45, 7) is 2.33. The number of rotatable bonds is 1. The number of amides is 1. The van der Waals surface area contributed by atoms with Crippen LogP contribution < -0.4 is 5.32 Å². The largest absolute Gasteiger partial charge is 0.359 e. The van der Waals surface area contributed by atoms with Gasteiger partial charge in [-0.15, -0.1) is 0 Å². The third kappa shape index (κ3) is 1.77. The summed E-state index contributed by atoms with van der Waals surface area (Å²) in [5, 5.41) is 2.82. The van der Waals surface area contributed by atoms with Crippen LogP contribution in [0.15, 0.2) is 30.3 Å². The number of hydrogen-bond acceptors (Lipinski definition) is 2. The highest BCUT2D eigenvalue weighted by atomic mass is 16.5. The van der Waals surface area contributed by atoms with E-state index in [1.807, 2.05) is 30.3 Å². The summed E-state index contributed by atoms with van der Waals surface area (Å²) in [5.41, 5.74) is 1.11. The Morgan fingerprint density at radius 1 is 1.36 bits per heavy atom. The average molecular weight is 191 g/mol. The fourth-order valence-electron chi connectivity index (χ4n) is 1.56. The third-order valence-corrected chi connectivity index (χ3v) is 2.37. The second kappa shape index (κ2) is 3.80. The Bertz CT molecular complexity index is 323. The van der Waals surface area contributed by atoms with Gasteiger partial charge in [0.2, 0.25) is 5.91 Å². The van der Waals surface area contributed by atoms with Crippen molar-refractivity contribution in [3.05, 3.63) is 35.9 Å². The number of carbonyl (C=O) groups excluding carboxylic acids is 1. The van der Waals surface area contributed by atoms with Gasteiger partial charge in [-0.3, -0.25) is 4.79 Å². The first-order valence-corrected chi connectivity index (χ1v) is 4.75. The number of ether oxygens (including phenoxy) is 1. The normalized spacial score (nSPS) is 27.1. The quantitative estimate of drug-likeness (QED) is 0.725. The van der Waals surface area contributed by atoms with Crippen LogP contribution in [0.1, 0.15) is 18.6 Å². The van der Waals surface area contributed by atoms with Crippen molar-refractivity contribution < 1.29 is 9.53 Å². The minimum atomic E-state index is -0.353. The standard InChI is InChI=1S/C11H13NO2/c1-8-11(13)12-7-10(14-8)9-5-3-2-4-6-9/h2-6,8,10H,7H2,1H3,(H,12,13)/t8?,10-/m0/s1. The lowest BCUT2D eigenvalue weighted by Crippen LogP contribution is -2.44. The number of nitrogens with one attached hydrogen (secondary N) is 1. The zero-order valence-corrected chi connectivity index (χ0v) is 8.07. The highest BCUT2D eigenvalue weighted by Gasteiger charge is 2.25. The summed E-state index contributed by atoms with van der Waals surface area (Å²) in [5.74, 6) is -0.0304. The van der Waals surface area contributed by atoms with Crippen LogP contribution in [0.4, 0.5) is 0 Å². The Morgan fingerprint density at radius 3 is 2.71 bits per heavy atom. The molecule has 0 aliphatic carbocycles. The fraction of sp³-hybridized carbons (Fsp3) is 0.364. The Balaban J connectivity index is 2.11. The SMILES string of the molecule is CC1O[C@H](c2ccccc2)CNC1=O. The lowest BCUT2D eigenvalue weighted by molar-refractivity contribution is -0.142. The maximum atomic E-state index is 11.1. The molecule has 1 amide bonds. The van der Waals surface area contributed by atoms with Crippen molar-refractivity contribution in [2.45, 2.75) is 19.1 Å². The molecule has 1 unspecified atom stereocenters. The molecule has 1 saturated heterocycles. The van der Waals surface area contributed by atoms with E-state index in [1.54, 1.807) is 6.92 Å². The summed E-state index contributed by atoms with van der Waals surface area (Å²) in [4.78, 5) is 11.1. The van der Waals surface area contributed by atoms with Crippen LogP contribution in [0.25, 0.3) is 0 Å². The number of benzene rings is 1. The molecular weight excluding hydrogens is 178 g/mol. The molecule has 0 aromatic heterocycles. The molecule has 1 aromatic rings. The van der Waals surface area contributed by atoms with Gasteiger partial charge in [0, 0.05) is 6.54 Å². The molecule has 1 heterocycles. The fourth-order valence-corrected chi connectivity index (χ4v) is 1.56. The van der Waals surface area contributed by atoms with E-state index in [4.69, 9.17) is 4.74 Å². The van der Waals surface area contributed by atoms with E-state index < -0.39 is 0 Å². The number of carbonyl (C=O) groups is 1. The minimum absolute atomic E-state index is 0.0103. The van der Waals surface area contributed by atoms with Gasteiger partial charge in [0.15, 0.2) is 0 Å². The van der Waals surface area contributed by atoms with Gasteiger partial charge in [0.25, 0.3) is 0 Å². The first-order valence-electron chi connectivity index (χ1n) is 4.75. The number of morpholine rings is 1. The van der Waals surface area contributed by atoms with E-state index in [2.05, 4.69) is 5.32 Å².